The normalized spacial score (nSPS) is 12.4. The molecule has 1 unspecified atom stereocenters. The highest BCUT2D eigenvalue weighted by Crippen LogP contribution is 1.92. The average molecular weight is 240 g/mol. The number of aliphatic hydroxyl groups is 1. The summed E-state index contributed by atoms with van der Waals surface area (Å²) in [5, 5.41) is 9.60. The zero-order valence-electron chi connectivity index (χ0n) is 9.68. The summed E-state index contributed by atoms with van der Waals surface area (Å²) in [5.41, 5.74) is -0.532. The number of rotatable bonds is 6. The molecule has 94 valence electrons. The monoisotopic (exact) mass is 240 g/mol. The van der Waals surface area contributed by atoms with Crippen molar-refractivity contribution in [2.75, 3.05) is 13.2 Å². The summed E-state index contributed by atoms with van der Waals surface area (Å²) in [7, 11) is 0. The van der Waals surface area contributed by atoms with Gasteiger partial charge in [0, 0.05) is 11.8 Å². The molecule has 0 aliphatic rings. The molecular formula is C11H16N2O4. The van der Waals surface area contributed by atoms with E-state index in [1.54, 1.807) is 13.0 Å². The van der Waals surface area contributed by atoms with Gasteiger partial charge in [-0.15, -0.1) is 6.58 Å². The van der Waals surface area contributed by atoms with Gasteiger partial charge < -0.3 is 9.84 Å². The maximum atomic E-state index is 11.4. The van der Waals surface area contributed by atoms with Crippen molar-refractivity contribution in [1.29, 1.82) is 0 Å². The summed E-state index contributed by atoms with van der Waals surface area (Å²) in [6.45, 7) is 5.60. The van der Waals surface area contributed by atoms with Crippen molar-refractivity contribution in [1.82, 2.24) is 9.55 Å². The lowest BCUT2D eigenvalue weighted by atomic mass is 10.3. The van der Waals surface area contributed by atoms with Crippen LogP contribution in [0.4, 0.5) is 0 Å². The summed E-state index contributed by atoms with van der Waals surface area (Å²) >= 11 is 0. The van der Waals surface area contributed by atoms with Gasteiger partial charge in [-0.05, 0) is 6.92 Å². The van der Waals surface area contributed by atoms with Gasteiger partial charge in [0.15, 0.2) is 0 Å². The quantitative estimate of drug-likeness (QED) is 0.514. The molecule has 17 heavy (non-hydrogen) atoms. The van der Waals surface area contributed by atoms with Gasteiger partial charge >= 0.3 is 5.69 Å². The van der Waals surface area contributed by atoms with E-state index < -0.39 is 17.4 Å². The maximum Gasteiger partial charge on any atom is 0.328 e. The van der Waals surface area contributed by atoms with E-state index >= 15 is 0 Å². The minimum absolute atomic E-state index is 0.0770. The van der Waals surface area contributed by atoms with E-state index in [2.05, 4.69) is 11.6 Å². The first-order valence-corrected chi connectivity index (χ1v) is 5.21. The predicted molar refractivity (Wildman–Crippen MR) is 63.1 cm³/mol. The van der Waals surface area contributed by atoms with Crippen LogP contribution in [0.25, 0.3) is 0 Å². The second kappa shape index (κ2) is 6.17. The van der Waals surface area contributed by atoms with Crippen molar-refractivity contribution in [2.24, 2.45) is 0 Å². The molecule has 1 aromatic rings. The van der Waals surface area contributed by atoms with E-state index in [4.69, 9.17) is 4.74 Å². The SMILES string of the molecule is C=CCOCC(O)Cn1cc(C)c(=O)[nH]c1=O. The third-order valence-electron chi connectivity index (χ3n) is 2.14. The first-order chi connectivity index (χ1) is 8.04. The predicted octanol–water partition coefficient (Wildman–Crippen LogP) is -0.591. The fourth-order valence-corrected chi connectivity index (χ4v) is 1.32. The standard InChI is InChI=1S/C11H16N2O4/c1-3-4-17-7-9(14)6-13-5-8(2)10(15)12-11(13)16/h3,5,9,14H,1,4,6-7H2,2H3,(H,12,15,16). The fourth-order valence-electron chi connectivity index (χ4n) is 1.32. The Morgan fingerprint density at radius 2 is 2.35 bits per heavy atom. The van der Waals surface area contributed by atoms with Gasteiger partial charge in [-0.2, -0.15) is 0 Å². The van der Waals surface area contributed by atoms with Crippen LogP contribution in [0.15, 0.2) is 28.4 Å². The molecule has 1 atom stereocenters. The van der Waals surface area contributed by atoms with Gasteiger partial charge in [-0.1, -0.05) is 6.08 Å². The molecule has 0 amide bonds. The summed E-state index contributed by atoms with van der Waals surface area (Å²) in [5.74, 6) is 0. The van der Waals surface area contributed by atoms with Gasteiger partial charge in [-0.25, -0.2) is 4.79 Å². The zero-order chi connectivity index (χ0) is 12.8. The molecule has 0 aromatic carbocycles. The lowest BCUT2D eigenvalue weighted by Crippen LogP contribution is -2.35. The highest BCUT2D eigenvalue weighted by Gasteiger charge is 2.07. The molecule has 2 N–H and O–H groups in total. The van der Waals surface area contributed by atoms with E-state index in [1.807, 2.05) is 0 Å². The summed E-state index contributed by atoms with van der Waals surface area (Å²) < 4.78 is 6.30. The molecule has 0 saturated carbocycles. The molecule has 0 fully saturated rings. The van der Waals surface area contributed by atoms with Crippen molar-refractivity contribution in [3.63, 3.8) is 0 Å². The third kappa shape index (κ3) is 4.01. The molecule has 0 aliphatic heterocycles. The van der Waals surface area contributed by atoms with Gasteiger partial charge in [0.25, 0.3) is 5.56 Å². The molecule has 6 nitrogen and oxygen atoms in total. The van der Waals surface area contributed by atoms with Crippen molar-refractivity contribution in [3.8, 4) is 0 Å². The Morgan fingerprint density at radius 3 is 3.00 bits per heavy atom. The topological polar surface area (TPSA) is 84.3 Å². The van der Waals surface area contributed by atoms with Crippen molar-refractivity contribution < 1.29 is 9.84 Å². The number of aromatic amines is 1. The number of hydrogen-bond donors (Lipinski definition) is 2. The van der Waals surface area contributed by atoms with Gasteiger partial charge in [0.2, 0.25) is 0 Å². The van der Waals surface area contributed by atoms with Crippen LogP contribution in [0.2, 0.25) is 0 Å². The molecule has 0 radical (unpaired) electrons. The number of H-pyrrole nitrogens is 1. The van der Waals surface area contributed by atoms with Gasteiger partial charge in [0.1, 0.15) is 0 Å². The van der Waals surface area contributed by atoms with Crippen LogP contribution < -0.4 is 11.2 Å². The Balaban J connectivity index is 2.68. The van der Waals surface area contributed by atoms with E-state index in [9.17, 15) is 14.7 Å². The Kier molecular flexibility index (Phi) is 4.86. The van der Waals surface area contributed by atoms with Crippen molar-refractivity contribution >= 4 is 0 Å². The summed E-state index contributed by atoms with van der Waals surface area (Å²) in [4.78, 5) is 24.7. The fraction of sp³-hybridized carbons (Fsp3) is 0.455. The molecule has 0 bridgehead atoms. The number of nitrogens with zero attached hydrogens (tertiary/aromatic N) is 1. The van der Waals surface area contributed by atoms with E-state index in [0.717, 1.165) is 0 Å². The largest absolute Gasteiger partial charge is 0.389 e. The molecule has 6 heteroatoms. The number of nitrogens with one attached hydrogen (secondary N) is 1. The lowest BCUT2D eigenvalue weighted by Gasteiger charge is -2.12. The van der Waals surface area contributed by atoms with Crippen LogP contribution in [0.5, 0.6) is 0 Å². The Morgan fingerprint density at radius 1 is 1.65 bits per heavy atom. The second-order valence-electron chi connectivity index (χ2n) is 3.70. The first kappa shape index (κ1) is 13.4. The summed E-state index contributed by atoms with van der Waals surface area (Å²) in [6.07, 6.45) is 2.18. The van der Waals surface area contributed by atoms with Gasteiger partial charge in [0.05, 0.1) is 25.9 Å². The molecule has 0 spiro atoms. The van der Waals surface area contributed by atoms with Crippen LogP contribution in [-0.4, -0.2) is 34.0 Å². The number of aliphatic hydroxyl groups excluding tert-OH is 1. The number of aryl methyl sites for hydroxylation is 1. The van der Waals surface area contributed by atoms with Crippen molar-refractivity contribution in [2.45, 2.75) is 19.6 Å². The van der Waals surface area contributed by atoms with Crippen LogP contribution in [0, 0.1) is 6.92 Å². The molecular weight excluding hydrogens is 224 g/mol. The van der Waals surface area contributed by atoms with Gasteiger partial charge in [-0.3, -0.25) is 14.3 Å². The average Bonchev–Trinajstić information content (AvgIpc) is 2.26. The summed E-state index contributed by atoms with van der Waals surface area (Å²) in [6, 6.07) is 0. The van der Waals surface area contributed by atoms with E-state index in [0.29, 0.717) is 12.2 Å². The van der Waals surface area contributed by atoms with E-state index in [-0.39, 0.29) is 13.2 Å². The smallest absolute Gasteiger partial charge is 0.328 e. The number of aromatic nitrogens is 2. The second-order valence-corrected chi connectivity index (χ2v) is 3.70. The molecule has 0 aliphatic carbocycles. The molecule has 1 aromatic heterocycles. The van der Waals surface area contributed by atoms with E-state index in [1.165, 1.54) is 10.8 Å². The first-order valence-electron chi connectivity index (χ1n) is 5.21. The number of hydrogen-bond acceptors (Lipinski definition) is 4. The van der Waals surface area contributed by atoms with Crippen molar-refractivity contribution in [3.05, 3.63) is 45.3 Å². The maximum absolute atomic E-state index is 11.4. The molecule has 0 saturated heterocycles. The van der Waals surface area contributed by atoms with Crippen LogP contribution in [0.3, 0.4) is 0 Å². The highest BCUT2D eigenvalue weighted by molar-refractivity contribution is 5.00. The van der Waals surface area contributed by atoms with Crippen LogP contribution in [-0.2, 0) is 11.3 Å². The van der Waals surface area contributed by atoms with Crippen LogP contribution in [0.1, 0.15) is 5.56 Å². The minimum Gasteiger partial charge on any atom is -0.389 e. The zero-order valence-corrected chi connectivity index (χ0v) is 9.68. The highest BCUT2D eigenvalue weighted by atomic mass is 16.5. The number of ether oxygens (including phenoxy) is 1. The lowest BCUT2D eigenvalue weighted by molar-refractivity contribution is 0.0388. The Hall–Kier alpha value is -1.66. The molecule has 1 rings (SSSR count). The minimum atomic E-state index is -0.807. The third-order valence-corrected chi connectivity index (χ3v) is 2.14. The Labute approximate surface area is 98.2 Å². The van der Waals surface area contributed by atoms with Crippen LogP contribution >= 0.6 is 0 Å². The molecule has 1 heterocycles. The Bertz CT molecular complexity index is 489.